The van der Waals surface area contributed by atoms with Crippen LogP contribution in [-0.2, 0) is 6.54 Å². The zero-order valence-electron chi connectivity index (χ0n) is 32.1. The number of halogens is 2. The molecule has 2 rings (SSSR count). The van der Waals surface area contributed by atoms with Crippen LogP contribution in [-0.4, -0.2) is 38.3 Å². The smallest absolute Gasteiger partial charge is 0.168 e. The first-order valence-electron chi connectivity index (χ1n) is 20.0. The number of aromatic nitrogens is 1. The maximum atomic E-state index is 5.83. The van der Waals surface area contributed by atoms with E-state index < -0.39 is 0 Å². The van der Waals surface area contributed by atoms with Gasteiger partial charge in [0.25, 0.3) is 0 Å². The zero-order chi connectivity index (χ0) is 33.2. The summed E-state index contributed by atoms with van der Waals surface area (Å²) in [6.45, 7) is 8.89. The van der Waals surface area contributed by atoms with Gasteiger partial charge in [-0.1, -0.05) is 167 Å². The van der Waals surface area contributed by atoms with Gasteiger partial charge >= 0.3 is 0 Å². The van der Waals surface area contributed by atoms with Gasteiger partial charge in [0.15, 0.2) is 12.4 Å². The molecule has 1 aromatic heterocycles. The normalized spacial score (nSPS) is 10.8. The lowest BCUT2D eigenvalue weighted by Crippen LogP contribution is -3.00. The van der Waals surface area contributed by atoms with Gasteiger partial charge in [-0.25, -0.2) is 4.57 Å². The summed E-state index contributed by atoms with van der Waals surface area (Å²) in [6.07, 6.45) is 38.5. The molecule has 0 bridgehead atoms. The molecule has 0 aliphatic heterocycles. The molecule has 280 valence electrons. The number of pyridine rings is 1. The molecule has 0 amide bonds. The highest BCUT2D eigenvalue weighted by Crippen LogP contribution is 2.14. The summed E-state index contributed by atoms with van der Waals surface area (Å²) < 4.78 is 9.18. The van der Waals surface area contributed by atoms with Crippen LogP contribution in [0.5, 0.6) is 5.75 Å². The molecule has 2 aromatic rings. The van der Waals surface area contributed by atoms with E-state index in [4.69, 9.17) is 4.74 Å². The lowest BCUT2D eigenvalue weighted by Gasteiger charge is -2.29. The Morgan fingerprint density at radius 1 is 0.479 bits per heavy atom. The van der Waals surface area contributed by atoms with Crippen LogP contribution in [0.3, 0.4) is 0 Å². The van der Waals surface area contributed by atoms with Gasteiger partial charge in [-0.15, -0.1) is 0 Å². The molecule has 0 aliphatic rings. The van der Waals surface area contributed by atoms with Crippen LogP contribution >= 0.6 is 0 Å². The summed E-state index contributed by atoms with van der Waals surface area (Å²) in [5.41, 5.74) is 0. The Morgan fingerprint density at radius 2 is 0.854 bits per heavy atom. The molecule has 1 aromatic carbocycles. The number of para-hydroxylation sites is 1. The monoisotopic (exact) mass is 752 g/mol. The summed E-state index contributed by atoms with van der Waals surface area (Å²) in [5, 5.41) is 0. The highest BCUT2D eigenvalue weighted by atomic mass is 79.9. The van der Waals surface area contributed by atoms with Crippen molar-refractivity contribution in [3.8, 4) is 5.75 Å². The predicted octanol–water partition coefficient (Wildman–Crippen LogP) is 6.53. The number of nitrogens with zero attached hydrogens (tertiary/aromatic N) is 2. The standard InChI is InChI=1S/C22H40NO.C21H38N.BrH.ClH/c1-4-5-6-7-8-9-10-11-12-16-19-23(2,3)20-21-24-22-17-14-13-15-18-22;1-2-3-4-5-6-7-8-9-10-11-12-13-14-16-19-22-20-17-15-18-21-22;;/h13-15,17-18H,4-12,16,19-21H2,1-3H3;15,17-18,20-21H,2-14,16,19H2,1H3;2*1H/q2*+1;;/p-2. The number of hydrogen-bond acceptors (Lipinski definition) is 1. The molecule has 0 atom stereocenters. The largest absolute Gasteiger partial charge is 1.00 e. The number of quaternary nitrogens is 1. The maximum absolute atomic E-state index is 5.83. The van der Waals surface area contributed by atoms with E-state index >= 15 is 0 Å². The van der Waals surface area contributed by atoms with Crippen molar-refractivity contribution in [2.75, 3.05) is 33.8 Å². The number of ether oxygens (including phenoxy) is 1. The van der Waals surface area contributed by atoms with E-state index in [0.717, 1.165) is 23.4 Å². The predicted molar refractivity (Wildman–Crippen MR) is 203 cm³/mol. The zero-order valence-corrected chi connectivity index (χ0v) is 34.5. The molecule has 0 spiro atoms. The molecule has 3 nitrogen and oxygen atoms in total. The molecule has 0 aliphatic carbocycles. The van der Waals surface area contributed by atoms with E-state index in [1.165, 1.54) is 167 Å². The van der Waals surface area contributed by atoms with Crippen molar-refractivity contribution in [1.29, 1.82) is 0 Å². The van der Waals surface area contributed by atoms with Crippen LogP contribution in [0.1, 0.15) is 168 Å². The first-order valence-corrected chi connectivity index (χ1v) is 20.0. The molecule has 0 N–H and O–H groups in total. The van der Waals surface area contributed by atoms with Gasteiger partial charge in [0.05, 0.1) is 20.6 Å². The minimum absolute atomic E-state index is 0. The molecule has 48 heavy (non-hydrogen) atoms. The number of unbranched alkanes of at least 4 members (excludes halogenated alkanes) is 22. The van der Waals surface area contributed by atoms with E-state index in [9.17, 15) is 0 Å². The average Bonchev–Trinajstić information content (AvgIpc) is 3.07. The number of benzene rings is 1. The third kappa shape index (κ3) is 33.4. The fourth-order valence-electron chi connectivity index (χ4n) is 6.14. The van der Waals surface area contributed by atoms with Gasteiger partial charge in [0, 0.05) is 18.6 Å². The topological polar surface area (TPSA) is 13.1 Å². The van der Waals surface area contributed by atoms with Crippen LogP contribution in [0, 0.1) is 0 Å². The molecule has 0 saturated carbocycles. The molecular formula is C43H78BrClN2O. The lowest BCUT2D eigenvalue weighted by molar-refractivity contribution is -0.890. The van der Waals surface area contributed by atoms with E-state index in [-0.39, 0.29) is 29.4 Å². The van der Waals surface area contributed by atoms with Crippen LogP contribution in [0.25, 0.3) is 0 Å². The Labute approximate surface area is 316 Å². The molecule has 0 fully saturated rings. The second-order valence-electron chi connectivity index (χ2n) is 14.4. The van der Waals surface area contributed by atoms with Crippen molar-refractivity contribution in [2.24, 2.45) is 0 Å². The second kappa shape index (κ2) is 37.2. The average molecular weight is 754 g/mol. The first kappa shape index (κ1) is 49.0. The number of hydrogen-bond donors (Lipinski definition) is 0. The maximum Gasteiger partial charge on any atom is 0.168 e. The molecule has 0 radical (unpaired) electrons. The fourth-order valence-corrected chi connectivity index (χ4v) is 6.14. The summed E-state index contributed by atoms with van der Waals surface area (Å²) >= 11 is 0. The summed E-state index contributed by atoms with van der Waals surface area (Å²) in [4.78, 5) is 0. The molecule has 1 heterocycles. The van der Waals surface area contributed by atoms with Crippen molar-refractivity contribution in [3.63, 3.8) is 0 Å². The SMILES string of the molecule is CCCCCCCCCCCCCCCC[n+]1ccccc1.CCCCCCCCCCCC[N+](C)(C)CCOc1ccccc1.[Br-].[Cl-]. The molecular weight excluding hydrogens is 676 g/mol. The summed E-state index contributed by atoms with van der Waals surface area (Å²) in [5.74, 6) is 0.983. The Kier molecular flexibility index (Phi) is 37.9. The van der Waals surface area contributed by atoms with Crippen molar-refractivity contribution in [2.45, 2.75) is 174 Å². The third-order valence-electron chi connectivity index (χ3n) is 9.37. The van der Waals surface area contributed by atoms with E-state index in [1.807, 2.05) is 30.3 Å². The summed E-state index contributed by atoms with van der Waals surface area (Å²) in [6, 6.07) is 16.5. The van der Waals surface area contributed by atoms with Crippen LogP contribution in [0.4, 0.5) is 0 Å². The molecule has 0 unspecified atom stereocenters. The number of aryl methyl sites for hydroxylation is 1. The number of likely N-dealkylation sites (N-methyl/N-ethyl adjacent to an activating group) is 1. The van der Waals surface area contributed by atoms with Crippen LogP contribution in [0.2, 0.25) is 0 Å². The Bertz CT molecular complexity index is 868. The molecule has 0 saturated heterocycles. The first-order chi connectivity index (χ1) is 22.6. The van der Waals surface area contributed by atoms with Gasteiger partial charge in [-0.3, -0.25) is 0 Å². The minimum atomic E-state index is 0. The highest BCUT2D eigenvalue weighted by molar-refractivity contribution is 5.20. The quantitative estimate of drug-likeness (QED) is 0.0503. The van der Waals surface area contributed by atoms with Gasteiger partial charge in [-0.2, -0.15) is 0 Å². The van der Waals surface area contributed by atoms with Gasteiger partial charge in [-0.05, 0) is 31.4 Å². The third-order valence-corrected chi connectivity index (χ3v) is 9.37. The highest BCUT2D eigenvalue weighted by Gasteiger charge is 2.14. The van der Waals surface area contributed by atoms with Crippen molar-refractivity contribution < 1.29 is 43.2 Å². The van der Waals surface area contributed by atoms with Gasteiger partial charge in [0.2, 0.25) is 0 Å². The lowest BCUT2D eigenvalue weighted by atomic mass is 10.0. The Morgan fingerprint density at radius 3 is 1.29 bits per heavy atom. The molecule has 5 heteroatoms. The van der Waals surface area contributed by atoms with E-state index in [0.29, 0.717) is 0 Å². The minimum Gasteiger partial charge on any atom is -1.00 e. The van der Waals surface area contributed by atoms with Crippen molar-refractivity contribution in [1.82, 2.24) is 0 Å². The number of rotatable bonds is 30. The van der Waals surface area contributed by atoms with Crippen molar-refractivity contribution in [3.05, 3.63) is 60.9 Å². The fraction of sp³-hybridized carbons (Fsp3) is 0.744. The summed E-state index contributed by atoms with van der Waals surface area (Å²) in [7, 11) is 4.64. The van der Waals surface area contributed by atoms with E-state index in [1.54, 1.807) is 0 Å². The Balaban J connectivity index is 0. The Hall–Kier alpha value is -1.10. The van der Waals surface area contributed by atoms with Crippen LogP contribution < -0.4 is 38.7 Å². The van der Waals surface area contributed by atoms with Gasteiger partial charge in [0.1, 0.15) is 25.4 Å². The van der Waals surface area contributed by atoms with E-state index in [2.05, 4.69) is 63.1 Å². The van der Waals surface area contributed by atoms with Crippen LogP contribution in [0.15, 0.2) is 60.9 Å². The van der Waals surface area contributed by atoms with Gasteiger partial charge < -0.3 is 38.6 Å². The second-order valence-corrected chi connectivity index (χ2v) is 14.4. The van der Waals surface area contributed by atoms with Crippen molar-refractivity contribution >= 4 is 0 Å².